The van der Waals surface area contributed by atoms with Crippen molar-refractivity contribution in [3.05, 3.63) is 51.2 Å². The van der Waals surface area contributed by atoms with Gasteiger partial charge in [0.2, 0.25) is 10.0 Å². The molecule has 1 saturated heterocycles. The lowest BCUT2D eigenvalue weighted by molar-refractivity contribution is 0.130. The Labute approximate surface area is 167 Å². The van der Waals surface area contributed by atoms with E-state index in [0.29, 0.717) is 34.3 Å². The maximum absolute atomic E-state index is 13.0. The van der Waals surface area contributed by atoms with Gasteiger partial charge in [-0.05, 0) is 37.5 Å². The Bertz CT molecular complexity index is 921. The molecule has 1 aliphatic heterocycles. The Hall–Kier alpha value is -1.05. The highest BCUT2D eigenvalue weighted by molar-refractivity contribution is 7.89. The van der Waals surface area contributed by atoms with E-state index in [1.165, 1.54) is 22.6 Å². The molecule has 0 radical (unpaired) electrons. The van der Waals surface area contributed by atoms with Gasteiger partial charge in [0, 0.05) is 30.0 Å². The van der Waals surface area contributed by atoms with Crippen molar-refractivity contribution in [1.82, 2.24) is 9.29 Å². The smallest absolute Gasteiger partial charge is 0.244 e. The summed E-state index contributed by atoms with van der Waals surface area (Å²) in [6.45, 7) is 2.37. The molecule has 0 aliphatic carbocycles. The summed E-state index contributed by atoms with van der Waals surface area (Å²) in [5, 5.41) is 0.936. The standard InChI is InChI=1S/C17H17Cl3N2O3S/c1-11-7-17(14(19)8-13(11)18)26(23,24)22-6-2-3-12(10-22)25-16-4-5-21-9-15(16)20/h4-5,7-9,12H,2-3,6,10H2,1H3. The van der Waals surface area contributed by atoms with E-state index in [1.54, 1.807) is 19.2 Å². The van der Waals surface area contributed by atoms with Gasteiger partial charge in [0.05, 0.1) is 11.6 Å². The normalized spacial score (nSPS) is 18.7. The van der Waals surface area contributed by atoms with Crippen LogP contribution < -0.4 is 4.74 Å². The van der Waals surface area contributed by atoms with E-state index >= 15 is 0 Å². The molecule has 3 rings (SSSR count). The molecule has 2 heterocycles. The van der Waals surface area contributed by atoms with Gasteiger partial charge in [0.25, 0.3) is 0 Å². The summed E-state index contributed by atoms with van der Waals surface area (Å²) in [6, 6.07) is 4.62. The summed E-state index contributed by atoms with van der Waals surface area (Å²) < 4.78 is 33.4. The third-order valence-corrected chi connectivity index (χ3v) is 7.22. The lowest BCUT2D eigenvalue weighted by atomic mass is 10.1. The predicted octanol–water partition coefficient (Wildman–Crippen LogP) is 4.58. The second-order valence-corrected chi connectivity index (χ2v) is 9.21. The topological polar surface area (TPSA) is 59.5 Å². The minimum Gasteiger partial charge on any atom is -0.487 e. The Balaban J connectivity index is 1.83. The number of rotatable bonds is 4. The molecule has 9 heteroatoms. The maximum atomic E-state index is 13.0. The van der Waals surface area contributed by atoms with Crippen molar-refractivity contribution in [3.63, 3.8) is 0 Å². The van der Waals surface area contributed by atoms with Crippen molar-refractivity contribution in [2.24, 2.45) is 0 Å². The van der Waals surface area contributed by atoms with Gasteiger partial charge < -0.3 is 4.74 Å². The van der Waals surface area contributed by atoms with Gasteiger partial charge in [-0.25, -0.2) is 8.42 Å². The van der Waals surface area contributed by atoms with Crippen LogP contribution in [-0.4, -0.2) is 36.9 Å². The molecule has 1 aromatic heterocycles. The van der Waals surface area contributed by atoms with E-state index in [9.17, 15) is 8.42 Å². The number of halogens is 3. The minimum atomic E-state index is -3.75. The maximum Gasteiger partial charge on any atom is 0.244 e. The molecule has 1 fully saturated rings. The average molecular weight is 436 g/mol. The second kappa shape index (κ2) is 7.90. The third-order valence-electron chi connectivity index (χ3n) is 4.20. The van der Waals surface area contributed by atoms with Gasteiger partial charge in [0.1, 0.15) is 21.8 Å². The zero-order valence-electron chi connectivity index (χ0n) is 14.0. The lowest BCUT2D eigenvalue weighted by Gasteiger charge is -2.32. The van der Waals surface area contributed by atoms with E-state index in [4.69, 9.17) is 39.5 Å². The molecule has 2 aromatic rings. The zero-order valence-corrected chi connectivity index (χ0v) is 17.0. The average Bonchev–Trinajstić information content (AvgIpc) is 2.60. The monoisotopic (exact) mass is 434 g/mol. The molecule has 1 aliphatic rings. The van der Waals surface area contributed by atoms with Crippen LogP contribution in [0, 0.1) is 6.92 Å². The highest BCUT2D eigenvalue weighted by atomic mass is 35.5. The van der Waals surface area contributed by atoms with E-state index in [-0.39, 0.29) is 22.6 Å². The molecular weight excluding hydrogens is 419 g/mol. The summed E-state index contributed by atoms with van der Waals surface area (Å²) in [4.78, 5) is 3.97. The predicted molar refractivity (Wildman–Crippen MR) is 103 cm³/mol. The first kappa shape index (κ1) is 19.7. The van der Waals surface area contributed by atoms with E-state index in [0.717, 1.165) is 6.42 Å². The van der Waals surface area contributed by atoms with Crippen LogP contribution in [0.25, 0.3) is 0 Å². The summed E-state index contributed by atoms with van der Waals surface area (Å²) in [7, 11) is -3.75. The van der Waals surface area contributed by atoms with Crippen LogP contribution in [0.3, 0.4) is 0 Å². The largest absolute Gasteiger partial charge is 0.487 e. The van der Waals surface area contributed by atoms with Crippen molar-refractivity contribution in [3.8, 4) is 5.75 Å². The van der Waals surface area contributed by atoms with Crippen molar-refractivity contribution >= 4 is 44.8 Å². The summed E-state index contributed by atoms with van der Waals surface area (Å²) in [5.74, 6) is 0.492. The lowest BCUT2D eigenvalue weighted by Crippen LogP contribution is -2.44. The summed E-state index contributed by atoms with van der Waals surface area (Å²) >= 11 is 18.2. The second-order valence-electron chi connectivity index (χ2n) is 6.08. The van der Waals surface area contributed by atoms with E-state index in [2.05, 4.69) is 4.98 Å². The molecule has 140 valence electrons. The number of benzene rings is 1. The molecule has 0 amide bonds. The van der Waals surface area contributed by atoms with Gasteiger partial charge in [-0.2, -0.15) is 4.31 Å². The van der Waals surface area contributed by atoms with Gasteiger partial charge in [-0.15, -0.1) is 0 Å². The quantitative estimate of drug-likeness (QED) is 0.705. The number of hydrogen-bond donors (Lipinski definition) is 0. The molecular formula is C17H17Cl3N2O3S. The Morgan fingerprint density at radius 1 is 1.19 bits per heavy atom. The number of sulfonamides is 1. The molecule has 0 N–H and O–H groups in total. The van der Waals surface area contributed by atoms with Crippen LogP contribution in [0.4, 0.5) is 0 Å². The SMILES string of the molecule is Cc1cc(S(=O)(=O)N2CCCC(Oc3ccncc3Cl)C2)c(Cl)cc1Cl. The van der Waals surface area contributed by atoms with Crippen molar-refractivity contribution < 1.29 is 13.2 Å². The van der Waals surface area contributed by atoms with Gasteiger partial charge >= 0.3 is 0 Å². The molecule has 1 unspecified atom stereocenters. The van der Waals surface area contributed by atoms with Crippen molar-refractivity contribution in [1.29, 1.82) is 0 Å². The minimum absolute atomic E-state index is 0.0589. The van der Waals surface area contributed by atoms with E-state index < -0.39 is 10.0 Å². The fraction of sp³-hybridized carbons (Fsp3) is 0.353. The number of hydrogen-bond acceptors (Lipinski definition) is 4. The first-order valence-corrected chi connectivity index (χ1v) is 10.6. The number of ether oxygens (including phenoxy) is 1. The third kappa shape index (κ3) is 4.10. The fourth-order valence-electron chi connectivity index (χ4n) is 2.82. The first-order valence-electron chi connectivity index (χ1n) is 8.01. The van der Waals surface area contributed by atoms with Crippen LogP contribution in [-0.2, 0) is 10.0 Å². The van der Waals surface area contributed by atoms with E-state index in [1.807, 2.05) is 0 Å². The number of piperidine rings is 1. The van der Waals surface area contributed by atoms with Crippen LogP contribution in [0.2, 0.25) is 15.1 Å². The van der Waals surface area contributed by atoms with Crippen LogP contribution in [0.15, 0.2) is 35.5 Å². The van der Waals surface area contributed by atoms with Crippen LogP contribution in [0.1, 0.15) is 18.4 Å². The first-order chi connectivity index (χ1) is 12.3. The van der Waals surface area contributed by atoms with Gasteiger partial charge in [-0.1, -0.05) is 34.8 Å². The Kier molecular flexibility index (Phi) is 5.99. The molecule has 5 nitrogen and oxygen atoms in total. The molecule has 1 aromatic carbocycles. The summed E-state index contributed by atoms with van der Waals surface area (Å²) in [5.41, 5.74) is 0.656. The number of aryl methyl sites for hydroxylation is 1. The van der Waals surface area contributed by atoms with Gasteiger partial charge in [-0.3, -0.25) is 4.98 Å². The zero-order chi connectivity index (χ0) is 18.9. The highest BCUT2D eigenvalue weighted by Crippen LogP contribution is 2.32. The van der Waals surface area contributed by atoms with Gasteiger partial charge in [0.15, 0.2) is 0 Å². The molecule has 0 spiro atoms. The van der Waals surface area contributed by atoms with Crippen LogP contribution >= 0.6 is 34.8 Å². The number of nitrogens with zero attached hydrogens (tertiary/aromatic N) is 2. The van der Waals surface area contributed by atoms with Crippen molar-refractivity contribution in [2.75, 3.05) is 13.1 Å². The van der Waals surface area contributed by atoms with Crippen molar-refractivity contribution in [2.45, 2.75) is 30.8 Å². The number of pyridine rings is 1. The Morgan fingerprint density at radius 2 is 1.96 bits per heavy atom. The summed E-state index contributed by atoms with van der Waals surface area (Å²) in [6.07, 6.45) is 4.18. The Morgan fingerprint density at radius 3 is 2.69 bits per heavy atom. The molecule has 1 atom stereocenters. The molecule has 26 heavy (non-hydrogen) atoms. The number of aromatic nitrogens is 1. The highest BCUT2D eigenvalue weighted by Gasteiger charge is 2.33. The molecule has 0 saturated carbocycles. The fourth-order valence-corrected chi connectivity index (χ4v) is 5.31. The van der Waals surface area contributed by atoms with Crippen LogP contribution in [0.5, 0.6) is 5.75 Å². The molecule has 0 bridgehead atoms.